The molecule has 9 heteroatoms. The van der Waals surface area contributed by atoms with Gasteiger partial charge in [0.05, 0.1) is 16.7 Å². The molecule has 4 aromatic rings. The van der Waals surface area contributed by atoms with Crippen LogP contribution in [0.15, 0.2) is 30.5 Å². The van der Waals surface area contributed by atoms with E-state index in [-0.39, 0.29) is 6.04 Å². The number of rotatable bonds is 3. The molecule has 0 unspecified atom stereocenters. The minimum atomic E-state index is -0.879. The van der Waals surface area contributed by atoms with Crippen LogP contribution in [0, 0.1) is 0 Å². The Hall–Kier alpha value is -3.62. The van der Waals surface area contributed by atoms with Gasteiger partial charge in [0.15, 0.2) is 5.82 Å². The molecule has 1 aliphatic heterocycles. The fourth-order valence-corrected chi connectivity index (χ4v) is 4.02. The van der Waals surface area contributed by atoms with Crippen LogP contribution in [0.3, 0.4) is 0 Å². The highest BCUT2D eigenvalue weighted by atomic mass is 16.4. The van der Waals surface area contributed by atoms with Gasteiger partial charge in [-0.15, -0.1) is 0 Å². The zero-order chi connectivity index (χ0) is 19.3. The first kappa shape index (κ1) is 16.5. The van der Waals surface area contributed by atoms with Crippen molar-refractivity contribution in [2.75, 3.05) is 12.3 Å². The smallest absolute Gasteiger partial charge is 0.407 e. The van der Waals surface area contributed by atoms with E-state index in [4.69, 9.17) is 5.73 Å². The van der Waals surface area contributed by atoms with Gasteiger partial charge in [-0.2, -0.15) is 5.10 Å². The summed E-state index contributed by atoms with van der Waals surface area (Å²) in [7, 11) is 0. The standard InChI is InChI=1S/C19H19N7O2/c20-18-17-16(23-15(24-17)9-11-2-1-7-26(11)19(27)28)12-4-3-10(8-14(12)22-18)13-5-6-21-25-13/h3-6,8,11H,1-2,7,9H2,(H2,20,22)(H,21,25)(H,23,24)(H,27,28)/t11-/m0/s1. The van der Waals surface area contributed by atoms with Crippen LogP contribution in [-0.2, 0) is 6.42 Å². The zero-order valence-electron chi connectivity index (χ0n) is 15.0. The van der Waals surface area contributed by atoms with Crippen molar-refractivity contribution in [3.05, 3.63) is 36.3 Å². The molecule has 0 bridgehead atoms. The Balaban J connectivity index is 1.56. The second kappa shape index (κ2) is 6.22. The largest absolute Gasteiger partial charge is 0.465 e. The summed E-state index contributed by atoms with van der Waals surface area (Å²) in [6.07, 6.45) is 3.14. The van der Waals surface area contributed by atoms with Crippen molar-refractivity contribution in [1.29, 1.82) is 0 Å². The molecule has 4 heterocycles. The number of anilines is 1. The number of hydrogen-bond acceptors (Lipinski definition) is 5. The Bertz CT molecular complexity index is 1180. The van der Waals surface area contributed by atoms with E-state index in [1.54, 1.807) is 6.20 Å². The first-order valence-corrected chi connectivity index (χ1v) is 9.17. The van der Waals surface area contributed by atoms with E-state index >= 15 is 0 Å². The van der Waals surface area contributed by atoms with Crippen LogP contribution in [-0.4, -0.2) is 53.8 Å². The van der Waals surface area contributed by atoms with Crippen LogP contribution in [0.4, 0.5) is 10.6 Å². The molecule has 28 heavy (non-hydrogen) atoms. The van der Waals surface area contributed by atoms with Crippen molar-refractivity contribution in [1.82, 2.24) is 30.0 Å². The van der Waals surface area contributed by atoms with E-state index in [0.717, 1.165) is 46.3 Å². The van der Waals surface area contributed by atoms with Crippen LogP contribution in [0.1, 0.15) is 18.7 Å². The Kier molecular flexibility index (Phi) is 3.68. The number of H-pyrrole nitrogens is 2. The lowest BCUT2D eigenvalue weighted by molar-refractivity contribution is 0.140. The molecule has 142 valence electrons. The summed E-state index contributed by atoms with van der Waals surface area (Å²) >= 11 is 0. The first-order valence-electron chi connectivity index (χ1n) is 9.17. The molecule has 1 amide bonds. The monoisotopic (exact) mass is 377 g/mol. The molecule has 0 spiro atoms. The molecule has 1 aliphatic rings. The SMILES string of the molecule is Nc1nc2cc(-c3cc[nH]n3)ccc2c2[nH]c(C[C@@H]3CCCN3C(=O)O)nc12. The van der Waals surface area contributed by atoms with Gasteiger partial charge >= 0.3 is 6.09 Å². The van der Waals surface area contributed by atoms with Crippen LogP contribution < -0.4 is 5.73 Å². The zero-order valence-corrected chi connectivity index (χ0v) is 15.0. The number of nitrogens with two attached hydrogens (primary N) is 1. The summed E-state index contributed by atoms with van der Waals surface area (Å²) < 4.78 is 0. The van der Waals surface area contributed by atoms with Crippen molar-refractivity contribution in [2.24, 2.45) is 0 Å². The minimum Gasteiger partial charge on any atom is -0.465 e. The number of nitrogens with one attached hydrogen (secondary N) is 2. The second-order valence-electron chi connectivity index (χ2n) is 7.07. The van der Waals surface area contributed by atoms with Gasteiger partial charge in [-0.25, -0.2) is 14.8 Å². The molecule has 5 rings (SSSR count). The van der Waals surface area contributed by atoms with Crippen molar-refractivity contribution in [3.63, 3.8) is 0 Å². The fraction of sp³-hybridized carbons (Fsp3) is 0.263. The summed E-state index contributed by atoms with van der Waals surface area (Å²) in [6.45, 7) is 0.572. The maximum atomic E-state index is 11.4. The number of hydrogen-bond donors (Lipinski definition) is 4. The number of aromatic nitrogens is 5. The van der Waals surface area contributed by atoms with Crippen LogP contribution in [0.2, 0.25) is 0 Å². The Morgan fingerprint density at radius 2 is 2.21 bits per heavy atom. The molecule has 0 aliphatic carbocycles. The lowest BCUT2D eigenvalue weighted by Crippen LogP contribution is -2.35. The van der Waals surface area contributed by atoms with Gasteiger partial charge in [0.2, 0.25) is 0 Å². The highest BCUT2D eigenvalue weighted by Crippen LogP contribution is 2.30. The number of likely N-dealkylation sites (tertiary alicyclic amines) is 1. The summed E-state index contributed by atoms with van der Waals surface area (Å²) in [4.78, 5) is 25.4. The predicted molar refractivity (Wildman–Crippen MR) is 105 cm³/mol. The van der Waals surface area contributed by atoms with Gasteiger partial charge in [0.1, 0.15) is 11.3 Å². The highest BCUT2D eigenvalue weighted by molar-refractivity contribution is 6.07. The van der Waals surface area contributed by atoms with E-state index in [2.05, 4.69) is 25.1 Å². The maximum Gasteiger partial charge on any atom is 0.407 e. The number of benzene rings is 1. The molecule has 1 fully saturated rings. The highest BCUT2D eigenvalue weighted by Gasteiger charge is 2.29. The number of amides is 1. The van der Waals surface area contributed by atoms with Gasteiger partial charge in [0, 0.05) is 36.2 Å². The third-order valence-electron chi connectivity index (χ3n) is 5.35. The molecule has 3 aromatic heterocycles. The lowest BCUT2D eigenvalue weighted by Gasteiger charge is -2.20. The van der Waals surface area contributed by atoms with Gasteiger partial charge in [-0.1, -0.05) is 6.07 Å². The molecular weight excluding hydrogens is 358 g/mol. The number of pyridine rings is 1. The van der Waals surface area contributed by atoms with Crippen molar-refractivity contribution >= 4 is 33.8 Å². The molecule has 0 radical (unpaired) electrons. The van der Waals surface area contributed by atoms with Gasteiger partial charge in [-0.3, -0.25) is 5.10 Å². The summed E-state index contributed by atoms with van der Waals surface area (Å²) in [5, 5.41) is 17.3. The van der Waals surface area contributed by atoms with Crippen molar-refractivity contribution < 1.29 is 9.90 Å². The maximum absolute atomic E-state index is 11.4. The average Bonchev–Trinajstić information content (AvgIpc) is 3.42. The average molecular weight is 377 g/mol. The fourth-order valence-electron chi connectivity index (χ4n) is 4.02. The summed E-state index contributed by atoms with van der Waals surface area (Å²) in [5.74, 6) is 1.08. The van der Waals surface area contributed by atoms with Crippen LogP contribution in [0.25, 0.3) is 33.2 Å². The number of carbonyl (C=O) groups is 1. The molecule has 5 N–H and O–H groups in total. The number of nitrogens with zero attached hydrogens (tertiary/aromatic N) is 4. The lowest BCUT2D eigenvalue weighted by atomic mass is 10.1. The molecule has 1 aromatic carbocycles. The Morgan fingerprint density at radius 3 is 3.00 bits per heavy atom. The van der Waals surface area contributed by atoms with Crippen LogP contribution >= 0.6 is 0 Å². The normalized spacial score (nSPS) is 17.0. The van der Waals surface area contributed by atoms with E-state index in [1.165, 1.54) is 4.90 Å². The molecule has 1 saturated heterocycles. The third-order valence-corrected chi connectivity index (χ3v) is 5.35. The summed E-state index contributed by atoms with van der Waals surface area (Å²) in [6, 6.07) is 7.75. The minimum absolute atomic E-state index is 0.0650. The number of carboxylic acid groups (broad SMARTS) is 1. The number of nitrogen functional groups attached to an aromatic ring is 1. The molecule has 0 saturated carbocycles. The predicted octanol–water partition coefficient (Wildman–Crippen LogP) is 2.77. The van der Waals surface area contributed by atoms with Crippen molar-refractivity contribution in [2.45, 2.75) is 25.3 Å². The van der Waals surface area contributed by atoms with Crippen LogP contribution in [0.5, 0.6) is 0 Å². The second-order valence-corrected chi connectivity index (χ2v) is 7.07. The number of imidazole rings is 1. The number of fused-ring (bicyclic) bond motifs is 3. The van der Waals surface area contributed by atoms with E-state index < -0.39 is 6.09 Å². The number of aromatic amines is 2. The van der Waals surface area contributed by atoms with Gasteiger partial charge < -0.3 is 20.7 Å². The first-order chi connectivity index (χ1) is 13.6. The Morgan fingerprint density at radius 1 is 1.32 bits per heavy atom. The molecule has 1 atom stereocenters. The van der Waals surface area contributed by atoms with Gasteiger partial charge in [0.25, 0.3) is 0 Å². The quantitative estimate of drug-likeness (QED) is 0.433. The van der Waals surface area contributed by atoms with E-state index in [0.29, 0.717) is 24.3 Å². The third kappa shape index (κ3) is 2.63. The molecule has 9 nitrogen and oxygen atoms in total. The molecular formula is C19H19N7O2. The Labute approximate surface area is 159 Å². The van der Waals surface area contributed by atoms with E-state index in [9.17, 15) is 9.90 Å². The van der Waals surface area contributed by atoms with E-state index in [1.807, 2.05) is 24.3 Å². The topological polar surface area (TPSA) is 137 Å². The van der Waals surface area contributed by atoms with Gasteiger partial charge in [-0.05, 0) is 31.0 Å². The summed E-state index contributed by atoms with van der Waals surface area (Å²) in [5.41, 5.74) is 10.2. The van der Waals surface area contributed by atoms with Crippen molar-refractivity contribution in [3.8, 4) is 11.3 Å².